The lowest BCUT2D eigenvalue weighted by atomic mass is 9.90. The van der Waals surface area contributed by atoms with Gasteiger partial charge in [0.1, 0.15) is 0 Å². The maximum atomic E-state index is 12.1. The quantitative estimate of drug-likeness (QED) is 0.550. The first-order valence-electron chi connectivity index (χ1n) is 9.02. The van der Waals surface area contributed by atoms with E-state index in [2.05, 4.69) is 21.7 Å². The predicted octanol–water partition coefficient (Wildman–Crippen LogP) is 4.93. The topological polar surface area (TPSA) is 68.0 Å². The van der Waals surface area contributed by atoms with E-state index < -0.39 is 5.76 Å². The van der Waals surface area contributed by atoms with E-state index in [1.54, 1.807) is 11.3 Å². The molecule has 1 aromatic carbocycles. The molecular weight excluding hydrogens is 358 g/mol. The Bertz CT molecular complexity index is 1170. The number of anilines is 2. The van der Waals surface area contributed by atoms with Gasteiger partial charge in [-0.3, -0.25) is 0 Å². The zero-order valence-corrected chi connectivity index (χ0v) is 15.4. The smallest absolute Gasteiger partial charge is 0.389 e. The monoisotopic (exact) mass is 375 g/mol. The van der Waals surface area contributed by atoms with Gasteiger partial charge in [-0.15, -0.1) is 11.3 Å². The molecule has 5 nitrogen and oxygen atoms in total. The minimum Gasteiger partial charge on any atom is -0.389 e. The van der Waals surface area contributed by atoms with Crippen molar-refractivity contribution in [1.29, 1.82) is 0 Å². The maximum absolute atomic E-state index is 12.1. The summed E-state index contributed by atoms with van der Waals surface area (Å²) in [6, 6.07) is 13.9. The number of pyridine rings is 1. The van der Waals surface area contributed by atoms with E-state index in [-0.39, 0.29) is 0 Å². The van der Waals surface area contributed by atoms with E-state index in [0.717, 1.165) is 52.9 Å². The molecule has 0 radical (unpaired) electrons. The first kappa shape index (κ1) is 16.2. The van der Waals surface area contributed by atoms with E-state index in [1.165, 1.54) is 5.56 Å². The molecule has 0 unspecified atom stereocenters. The molecule has 1 aliphatic rings. The van der Waals surface area contributed by atoms with E-state index in [4.69, 9.17) is 9.40 Å². The van der Waals surface area contributed by atoms with E-state index in [9.17, 15) is 4.79 Å². The number of para-hydroxylation sites is 1. The molecule has 0 saturated carbocycles. The molecule has 0 aliphatic heterocycles. The van der Waals surface area contributed by atoms with Crippen LogP contribution in [0.2, 0.25) is 0 Å². The van der Waals surface area contributed by atoms with Crippen molar-refractivity contribution in [2.24, 2.45) is 0 Å². The first-order valence-corrected chi connectivity index (χ1v) is 9.90. The lowest BCUT2D eigenvalue weighted by Gasteiger charge is -2.20. The van der Waals surface area contributed by atoms with Crippen LogP contribution in [-0.2, 0) is 12.8 Å². The molecule has 4 aromatic rings. The summed E-state index contributed by atoms with van der Waals surface area (Å²) < 4.78 is 5.43. The molecule has 0 bridgehead atoms. The molecule has 1 aliphatic carbocycles. The average Bonchev–Trinajstić information content (AvgIpc) is 3.21. The molecule has 3 heterocycles. The van der Waals surface area contributed by atoms with Gasteiger partial charge in [-0.1, -0.05) is 24.3 Å². The Morgan fingerprint density at radius 1 is 1.00 bits per heavy atom. The van der Waals surface area contributed by atoms with Crippen LogP contribution in [0.4, 0.5) is 11.5 Å². The van der Waals surface area contributed by atoms with E-state index in [1.807, 2.05) is 36.4 Å². The molecule has 1 N–H and O–H groups in total. The Kier molecular flexibility index (Phi) is 3.98. The average molecular weight is 375 g/mol. The molecule has 27 heavy (non-hydrogen) atoms. The summed E-state index contributed by atoms with van der Waals surface area (Å²) in [5.74, 6) is -0.141. The van der Waals surface area contributed by atoms with Gasteiger partial charge < -0.3 is 9.73 Å². The number of rotatable bonds is 3. The lowest BCUT2D eigenvalue weighted by Crippen LogP contribution is -2.13. The normalized spacial score (nSPS) is 13.5. The van der Waals surface area contributed by atoms with Crippen molar-refractivity contribution in [3.8, 4) is 10.4 Å². The minimum absolute atomic E-state index is 0.359. The fraction of sp³-hybridized carbons (Fsp3) is 0.190. The van der Waals surface area contributed by atoms with Crippen LogP contribution in [0.15, 0.2) is 57.1 Å². The second-order valence-corrected chi connectivity index (χ2v) is 7.54. The number of benzene rings is 1. The molecule has 5 rings (SSSR count). The number of nitrogens with one attached hydrogen (secondary N) is 1. The molecule has 3 aromatic heterocycles. The highest BCUT2D eigenvalue weighted by Crippen LogP contribution is 2.41. The summed E-state index contributed by atoms with van der Waals surface area (Å²) in [6.07, 6.45) is 4.15. The summed E-state index contributed by atoms with van der Waals surface area (Å²) in [5.41, 5.74) is 4.61. The lowest BCUT2D eigenvalue weighted by molar-refractivity contribution is 0.519. The Morgan fingerprint density at radius 3 is 2.67 bits per heavy atom. The highest BCUT2D eigenvalue weighted by atomic mass is 32.1. The van der Waals surface area contributed by atoms with Gasteiger partial charge in [-0.25, -0.2) is 9.78 Å². The third kappa shape index (κ3) is 2.92. The van der Waals surface area contributed by atoms with Crippen LogP contribution in [-0.4, -0.2) is 9.97 Å². The van der Waals surface area contributed by atoms with Crippen LogP contribution >= 0.6 is 11.3 Å². The van der Waals surface area contributed by atoms with Crippen LogP contribution in [0.3, 0.4) is 0 Å². The Labute approximate surface area is 159 Å². The summed E-state index contributed by atoms with van der Waals surface area (Å²) >= 11 is 1.68. The zero-order valence-electron chi connectivity index (χ0n) is 14.6. The van der Waals surface area contributed by atoms with Gasteiger partial charge in [0.15, 0.2) is 5.82 Å². The van der Waals surface area contributed by atoms with Crippen LogP contribution in [0.1, 0.15) is 24.1 Å². The van der Waals surface area contributed by atoms with Crippen LogP contribution in [0, 0.1) is 0 Å². The van der Waals surface area contributed by atoms with Crippen molar-refractivity contribution in [1.82, 2.24) is 9.97 Å². The maximum Gasteiger partial charge on any atom is 0.442 e. The Morgan fingerprint density at radius 2 is 1.85 bits per heavy atom. The number of fused-ring (bicyclic) bond motifs is 2. The number of hydrogen-bond acceptors (Lipinski definition) is 6. The van der Waals surface area contributed by atoms with Crippen molar-refractivity contribution in [2.75, 3.05) is 5.32 Å². The van der Waals surface area contributed by atoms with Crippen molar-refractivity contribution in [3.63, 3.8) is 0 Å². The second kappa shape index (κ2) is 6.63. The van der Waals surface area contributed by atoms with Gasteiger partial charge in [-0.05, 0) is 54.8 Å². The Hall–Kier alpha value is -2.99. The third-order valence-corrected chi connectivity index (χ3v) is 5.76. The minimum atomic E-state index is -0.638. The fourth-order valence-corrected chi connectivity index (χ4v) is 4.51. The molecule has 134 valence electrons. The van der Waals surface area contributed by atoms with Crippen molar-refractivity contribution in [2.45, 2.75) is 25.7 Å². The summed E-state index contributed by atoms with van der Waals surface area (Å²) in [7, 11) is 0. The highest BCUT2D eigenvalue weighted by Gasteiger charge is 2.24. The van der Waals surface area contributed by atoms with Gasteiger partial charge in [0.05, 0.1) is 5.39 Å². The fourth-order valence-electron chi connectivity index (χ4n) is 3.71. The first-order chi connectivity index (χ1) is 13.3. The van der Waals surface area contributed by atoms with Gasteiger partial charge in [0, 0.05) is 21.8 Å². The third-order valence-electron chi connectivity index (χ3n) is 4.87. The van der Waals surface area contributed by atoms with Crippen LogP contribution in [0.5, 0.6) is 0 Å². The number of nitrogens with zero attached hydrogens (tertiary/aromatic N) is 2. The predicted molar refractivity (Wildman–Crippen MR) is 108 cm³/mol. The largest absolute Gasteiger partial charge is 0.442 e. The van der Waals surface area contributed by atoms with Crippen LogP contribution < -0.4 is 11.1 Å². The van der Waals surface area contributed by atoms with Crippen molar-refractivity contribution in [3.05, 3.63) is 69.7 Å². The standard InChI is InChI=1S/C21H17N3O2S/c25-21-24-19(22-13-7-2-1-3-8-13)18-17(16-11-6-12-27-16)14-9-4-5-10-15(14)23-20(18)26-21/h1-3,6-8,11-12H,4-5,9-10H2,(H,22,24,25). The SMILES string of the molecule is O=c1nc(Nc2ccccc2)c2c(-c3cccs3)c3c(nc2o1)CCCC3. The summed E-state index contributed by atoms with van der Waals surface area (Å²) in [4.78, 5) is 22.1. The van der Waals surface area contributed by atoms with Gasteiger partial charge in [-0.2, -0.15) is 4.98 Å². The van der Waals surface area contributed by atoms with Gasteiger partial charge in [0.25, 0.3) is 0 Å². The molecule has 0 fully saturated rings. The van der Waals surface area contributed by atoms with E-state index >= 15 is 0 Å². The molecule has 6 heteroatoms. The summed E-state index contributed by atoms with van der Waals surface area (Å²) in [6.45, 7) is 0. The number of hydrogen-bond donors (Lipinski definition) is 1. The van der Waals surface area contributed by atoms with Gasteiger partial charge in [0.2, 0.25) is 5.71 Å². The molecule has 0 saturated heterocycles. The van der Waals surface area contributed by atoms with E-state index in [0.29, 0.717) is 11.5 Å². The zero-order chi connectivity index (χ0) is 18.2. The van der Waals surface area contributed by atoms with Crippen LogP contribution in [0.25, 0.3) is 21.5 Å². The number of thiophene rings is 1. The molecular formula is C21H17N3O2S. The Balaban J connectivity index is 1.84. The van der Waals surface area contributed by atoms with Crippen molar-refractivity contribution < 1.29 is 4.42 Å². The molecule has 0 spiro atoms. The molecule has 0 amide bonds. The second-order valence-electron chi connectivity index (χ2n) is 6.60. The number of aromatic nitrogens is 2. The van der Waals surface area contributed by atoms with Crippen molar-refractivity contribution >= 4 is 33.9 Å². The number of aryl methyl sites for hydroxylation is 1. The highest BCUT2D eigenvalue weighted by molar-refractivity contribution is 7.13. The van der Waals surface area contributed by atoms with Gasteiger partial charge >= 0.3 is 5.76 Å². The molecule has 0 atom stereocenters. The summed E-state index contributed by atoms with van der Waals surface area (Å²) in [5, 5.41) is 6.13.